The Bertz CT molecular complexity index is 380. The lowest BCUT2D eigenvalue weighted by Gasteiger charge is -2.24. The van der Waals surface area contributed by atoms with Crippen LogP contribution in [0.3, 0.4) is 0 Å². The molecule has 0 aliphatic rings. The largest absolute Gasteiger partial charge is 0.733 e. The number of nitrogens with zero attached hydrogens (tertiary/aromatic N) is 1. The van der Waals surface area contributed by atoms with Crippen LogP contribution in [-0.4, -0.2) is 5.21 Å². The van der Waals surface area contributed by atoms with Gasteiger partial charge in [0.1, 0.15) is 5.82 Å². The van der Waals surface area contributed by atoms with Crippen LogP contribution < -0.4 is 5.23 Å². The second-order valence-electron chi connectivity index (χ2n) is 2.56. The monoisotopic (exact) mass is 288 g/mol. The van der Waals surface area contributed by atoms with Gasteiger partial charge in [-0.05, 0) is 28.1 Å². The van der Waals surface area contributed by atoms with Crippen molar-refractivity contribution >= 4 is 21.6 Å². The maximum atomic E-state index is 12.7. The van der Waals surface area contributed by atoms with Gasteiger partial charge >= 0.3 is 6.18 Å². The van der Waals surface area contributed by atoms with Crippen LogP contribution in [0.4, 0.5) is 23.2 Å². The Kier molecular flexibility index (Phi) is 3.22. The molecule has 0 spiro atoms. The Morgan fingerprint density at radius 2 is 1.87 bits per heavy atom. The van der Waals surface area contributed by atoms with E-state index in [1.54, 1.807) is 0 Å². The first-order chi connectivity index (χ1) is 6.73. The summed E-state index contributed by atoms with van der Waals surface area (Å²) in [7, 11) is 0. The SMILES string of the molecule is [O-]N(O)c1cc(F)cc(C(F)(F)F)c1Br. The second-order valence-corrected chi connectivity index (χ2v) is 3.35. The zero-order chi connectivity index (χ0) is 11.8. The molecule has 0 bridgehead atoms. The van der Waals surface area contributed by atoms with Crippen molar-refractivity contribution in [3.63, 3.8) is 0 Å². The zero-order valence-electron chi connectivity index (χ0n) is 6.85. The zero-order valence-corrected chi connectivity index (χ0v) is 8.43. The quantitative estimate of drug-likeness (QED) is 0.637. The van der Waals surface area contributed by atoms with Crippen molar-refractivity contribution in [3.8, 4) is 0 Å². The fourth-order valence-corrected chi connectivity index (χ4v) is 1.53. The van der Waals surface area contributed by atoms with Gasteiger partial charge in [0.15, 0.2) is 0 Å². The minimum Gasteiger partial charge on any atom is -0.733 e. The van der Waals surface area contributed by atoms with Gasteiger partial charge in [0.25, 0.3) is 0 Å². The third-order valence-electron chi connectivity index (χ3n) is 1.53. The molecule has 0 aliphatic heterocycles. The van der Waals surface area contributed by atoms with E-state index in [0.717, 1.165) is 0 Å². The van der Waals surface area contributed by atoms with E-state index >= 15 is 0 Å². The molecule has 0 fully saturated rings. The lowest BCUT2D eigenvalue weighted by molar-refractivity contribution is -0.138. The molecule has 1 aromatic rings. The Labute approximate surface area is 89.6 Å². The fraction of sp³-hybridized carbons (Fsp3) is 0.143. The Hall–Kier alpha value is -0.860. The number of hydrogen-bond donors (Lipinski definition) is 1. The van der Waals surface area contributed by atoms with Crippen molar-refractivity contribution < 1.29 is 22.8 Å². The lowest BCUT2D eigenvalue weighted by Crippen LogP contribution is -2.13. The summed E-state index contributed by atoms with van der Waals surface area (Å²) in [6.45, 7) is 0. The molecule has 0 heterocycles. The molecule has 0 saturated heterocycles. The lowest BCUT2D eigenvalue weighted by atomic mass is 10.2. The molecule has 84 valence electrons. The van der Waals surface area contributed by atoms with Crippen molar-refractivity contribution in [1.82, 2.24) is 0 Å². The molecule has 1 N–H and O–H groups in total. The third-order valence-corrected chi connectivity index (χ3v) is 2.36. The molecule has 1 aromatic carbocycles. The highest BCUT2D eigenvalue weighted by molar-refractivity contribution is 9.10. The predicted octanol–water partition coefficient (Wildman–Crippen LogP) is 3.30. The van der Waals surface area contributed by atoms with Crippen molar-refractivity contribution in [2.24, 2.45) is 0 Å². The van der Waals surface area contributed by atoms with Crippen molar-refractivity contribution in [1.29, 1.82) is 0 Å². The van der Waals surface area contributed by atoms with Gasteiger partial charge in [-0.3, -0.25) is 5.21 Å². The van der Waals surface area contributed by atoms with Crippen LogP contribution >= 0.6 is 15.9 Å². The number of halogens is 5. The van der Waals surface area contributed by atoms with Crippen LogP contribution in [0.1, 0.15) is 5.56 Å². The van der Waals surface area contributed by atoms with Crippen molar-refractivity contribution in [3.05, 3.63) is 33.2 Å². The molecule has 0 unspecified atom stereocenters. The van der Waals surface area contributed by atoms with E-state index in [1.165, 1.54) is 0 Å². The molecular formula is C7H3BrF4NO2-. The van der Waals surface area contributed by atoms with Crippen LogP contribution in [0.25, 0.3) is 0 Å². The minimum absolute atomic E-state index is 0.219. The van der Waals surface area contributed by atoms with Gasteiger partial charge in [0.05, 0.1) is 15.7 Å². The number of hydrogen-bond acceptors (Lipinski definition) is 3. The molecule has 0 atom stereocenters. The summed E-state index contributed by atoms with van der Waals surface area (Å²) in [6, 6.07) is 0.698. The van der Waals surface area contributed by atoms with Crippen LogP contribution in [0, 0.1) is 11.0 Å². The highest BCUT2D eigenvalue weighted by Crippen LogP contribution is 2.39. The molecule has 0 aliphatic carbocycles. The summed E-state index contributed by atoms with van der Waals surface area (Å²) in [5.41, 5.74) is -2.21. The van der Waals surface area contributed by atoms with Gasteiger partial charge < -0.3 is 10.4 Å². The van der Waals surface area contributed by atoms with Gasteiger partial charge in [0, 0.05) is 0 Å². The average molecular weight is 289 g/mol. The van der Waals surface area contributed by atoms with Crippen molar-refractivity contribution in [2.75, 3.05) is 5.23 Å². The predicted molar refractivity (Wildman–Crippen MR) is 46.7 cm³/mol. The highest BCUT2D eigenvalue weighted by Gasteiger charge is 2.34. The molecule has 8 heteroatoms. The van der Waals surface area contributed by atoms with Gasteiger partial charge in [-0.2, -0.15) is 13.2 Å². The summed E-state index contributed by atoms with van der Waals surface area (Å²) in [6.07, 6.45) is -4.81. The molecule has 0 saturated carbocycles. The molecule has 0 radical (unpaired) electrons. The highest BCUT2D eigenvalue weighted by atomic mass is 79.9. The number of benzene rings is 1. The molecule has 0 aromatic heterocycles. The maximum Gasteiger partial charge on any atom is 0.417 e. The average Bonchev–Trinajstić information content (AvgIpc) is 2.06. The Morgan fingerprint density at radius 3 is 2.27 bits per heavy atom. The van der Waals surface area contributed by atoms with Gasteiger partial charge in [-0.15, -0.1) is 0 Å². The van der Waals surface area contributed by atoms with Gasteiger partial charge in [-0.25, -0.2) is 4.39 Å². The molecule has 15 heavy (non-hydrogen) atoms. The van der Waals surface area contributed by atoms with Gasteiger partial charge in [0.2, 0.25) is 0 Å². The van der Waals surface area contributed by atoms with Crippen LogP contribution in [-0.2, 0) is 6.18 Å². The number of anilines is 1. The van der Waals surface area contributed by atoms with E-state index < -0.39 is 32.9 Å². The van der Waals surface area contributed by atoms with Crippen LogP contribution in [0.2, 0.25) is 0 Å². The fourth-order valence-electron chi connectivity index (χ4n) is 0.920. The summed E-state index contributed by atoms with van der Waals surface area (Å²) in [5, 5.41) is 18.0. The smallest absolute Gasteiger partial charge is 0.417 e. The summed E-state index contributed by atoms with van der Waals surface area (Å²) in [4.78, 5) is 0. The number of rotatable bonds is 1. The van der Waals surface area contributed by atoms with E-state index in [4.69, 9.17) is 5.21 Å². The van der Waals surface area contributed by atoms with Crippen LogP contribution in [0.15, 0.2) is 16.6 Å². The van der Waals surface area contributed by atoms with Gasteiger partial charge in [-0.1, -0.05) is 0 Å². The maximum absolute atomic E-state index is 12.7. The van der Waals surface area contributed by atoms with Crippen molar-refractivity contribution in [2.45, 2.75) is 6.18 Å². The van der Waals surface area contributed by atoms with E-state index in [2.05, 4.69) is 15.9 Å². The summed E-state index contributed by atoms with van der Waals surface area (Å²) >= 11 is 2.46. The molecule has 1 rings (SSSR count). The molecule has 0 amide bonds. The van der Waals surface area contributed by atoms with E-state index in [-0.39, 0.29) is 6.07 Å². The minimum atomic E-state index is -4.81. The normalized spacial score (nSPS) is 11.7. The van der Waals surface area contributed by atoms with E-state index in [1.807, 2.05) is 0 Å². The molecular weight excluding hydrogens is 286 g/mol. The van der Waals surface area contributed by atoms with Crippen LogP contribution in [0.5, 0.6) is 0 Å². The standard InChI is InChI=1S/C7H3BrF4NO2/c8-6-4(7(10,11)12)1-3(9)2-5(6)13(14)15/h1-2,14H/q-1. The summed E-state index contributed by atoms with van der Waals surface area (Å²) in [5.74, 6) is -1.27. The van der Waals surface area contributed by atoms with E-state index in [9.17, 15) is 22.8 Å². The third kappa shape index (κ3) is 2.58. The first kappa shape index (κ1) is 12.2. The Balaban J connectivity index is 3.42. The first-order valence-electron chi connectivity index (χ1n) is 3.46. The second kappa shape index (κ2) is 3.95. The first-order valence-corrected chi connectivity index (χ1v) is 4.25. The molecule has 3 nitrogen and oxygen atoms in total. The topological polar surface area (TPSA) is 46.5 Å². The summed E-state index contributed by atoms with van der Waals surface area (Å²) < 4.78 is 48.8. The van der Waals surface area contributed by atoms with E-state index in [0.29, 0.717) is 6.07 Å². The Morgan fingerprint density at radius 1 is 1.33 bits per heavy atom. The number of alkyl halides is 3.